The highest BCUT2D eigenvalue weighted by molar-refractivity contribution is 5.14. The maximum Gasteiger partial charge on any atom is 0.149 e. The van der Waals surface area contributed by atoms with Gasteiger partial charge in [-0.15, -0.1) is 10.2 Å². The van der Waals surface area contributed by atoms with E-state index in [0.29, 0.717) is 6.04 Å². The molecule has 1 N–H and O–H groups in total. The van der Waals surface area contributed by atoms with Crippen molar-refractivity contribution in [3.05, 3.63) is 47.5 Å². The molecule has 2 atom stereocenters. The van der Waals surface area contributed by atoms with Crippen molar-refractivity contribution in [3.63, 3.8) is 0 Å². The summed E-state index contributed by atoms with van der Waals surface area (Å²) in [5, 5.41) is 12.5. The largest absolute Gasteiger partial charge is 0.314 e. The predicted octanol–water partition coefficient (Wildman–Crippen LogP) is 3.29. The Bertz CT molecular complexity index is 590. The molecule has 4 nitrogen and oxygen atoms in total. The van der Waals surface area contributed by atoms with Crippen LogP contribution in [0.15, 0.2) is 30.3 Å². The first-order valence-corrected chi connectivity index (χ1v) is 8.46. The molecule has 118 valence electrons. The number of rotatable bonds is 6. The summed E-state index contributed by atoms with van der Waals surface area (Å²) in [5.41, 5.74) is 1.41. The zero-order valence-electron chi connectivity index (χ0n) is 13.6. The molecule has 0 saturated heterocycles. The summed E-state index contributed by atoms with van der Waals surface area (Å²) in [6.07, 6.45) is 5.81. The van der Waals surface area contributed by atoms with E-state index in [2.05, 4.69) is 64.3 Å². The van der Waals surface area contributed by atoms with Crippen molar-refractivity contribution in [2.45, 2.75) is 64.6 Å². The van der Waals surface area contributed by atoms with Crippen LogP contribution in [0.1, 0.15) is 56.4 Å². The van der Waals surface area contributed by atoms with Crippen LogP contribution in [-0.4, -0.2) is 20.8 Å². The lowest BCUT2D eigenvalue weighted by molar-refractivity contribution is 0.417. The number of hydrogen-bond acceptors (Lipinski definition) is 3. The van der Waals surface area contributed by atoms with Crippen LogP contribution in [-0.2, 0) is 19.4 Å². The SMILES string of the molecule is C[C@H](CCc1ccccc1)N[C@@H](C)c1nnc2n1CCCC2. The van der Waals surface area contributed by atoms with Crippen LogP contribution in [0.2, 0.25) is 0 Å². The van der Waals surface area contributed by atoms with Crippen LogP contribution < -0.4 is 5.32 Å². The second-order valence-corrected chi connectivity index (χ2v) is 6.40. The molecule has 0 bridgehead atoms. The van der Waals surface area contributed by atoms with Crippen molar-refractivity contribution in [2.24, 2.45) is 0 Å². The molecule has 0 aliphatic carbocycles. The average Bonchev–Trinajstić information content (AvgIpc) is 2.98. The first-order valence-electron chi connectivity index (χ1n) is 8.46. The first kappa shape index (κ1) is 15.2. The molecule has 0 spiro atoms. The lowest BCUT2D eigenvalue weighted by Crippen LogP contribution is -2.31. The minimum atomic E-state index is 0.255. The Balaban J connectivity index is 1.55. The lowest BCUT2D eigenvalue weighted by atomic mass is 10.1. The Morgan fingerprint density at radius 1 is 1.14 bits per heavy atom. The van der Waals surface area contributed by atoms with Gasteiger partial charge in [-0.05, 0) is 45.1 Å². The summed E-state index contributed by atoms with van der Waals surface area (Å²) in [6.45, 7) is 5.53. The van der Waals surface area contributed by atoms with Crippen molar-refractivity contribution in [1.82, 2.24) is 20.1 Å². The van der Waals surface area contributed by atoms with E-state index in [4.69, 9.17) is 0 Å². The molecule has 0 saturated carbocycles. The van der Waals surface area contributed by atoms with Crippen LogP contribution >= 0.6 is 0 Å². The summed E-state index contributed by atoms with van der Waals surface area (Å²) in [5.74, 6) is 2.26. The van der Waals surface area contributed by atoms with E-state index in [0.717, 1.165) is 37.5 Å². The Kier molecular flexibility index (Phi) is 4.88. The first-order chi connectivity index (χ1) is 10.7. The lowest BCUT2D eigenvalue weighted by Gasteiger charge is -2.22. The minimum Gasteiger partial charge on any atom is -0.314 e. The number of aromatic nitrogens is 3. The Morgan fingerprint density at radius 3 is 2.77 bits per heavy atom. The molecule has 0 amide bonds. The smallest absolute Gasteiger partial charge is 0.149 e. The highest BCUT2D eigenvalue weighted by Gasteiger charge is 2.20. The van der Waals surface area contributed by atoms with Gasteiger partial charge in [0.2, 0.25) is 0 Å². The normalized spacial score (nSPS) is 17.0. The minimum absolute atomic E-state index is 0.255. The highest BCUT2D eigenvalue weighted by atomic mass is 15.3. The molecule has 2 heterocycles. The molecule has 22 heavy (non-hydrogen) atoms. The van der Waals surface area contributed by atoms with E-state index in [1.807, 2.05) is 0 Å². The molecular weight excluding hydrogens is 272 g/mol. The zero-order chi connectivity index (χ0) is 15.4. The highest BCUT2D eigenvalue weighted by Crippen LogP contribution is 2.19. The number of nitrogens with zero attached hydrogens (tertiary/aromatic N) is 3. The Hall–Kier alpha value is -1.68. The molecule has 0 fully saturated rings. The van der Waals surface area contributed by atoms with Gasteiger partial charge in [0.1, 0.15) is 11.6 Å². The monoisotopic (exact) mass is 298 g/mol. The van der Waals surface area contributed by atoms with Gasteiger partial charge in [0.25, 0.3) is 0 Å². The fraction of sp³-hybridized carbons (Fsp3) is 0.556. The van der Waals surface area contributed by atoms with E-state index < -0.39 is 0 Å². The van der Waals surface area contributed by atoms with E-state index in [1.54, 1.807) is 0 Å². The van der Waals surface area contributed by atoms with Crippen molar-refractivity contribution in [3.8, 4) is 0 Å². The number of nitrogens with one attached hydrogen (secondary N) is 1. The molecular formula is C18H26N4. The quantitative estimate of drug-likeness (QED) is 0.890. The molecule has 2 aromatic rings. The number of aryl methyl sites for hydroxylation is 2. The summed E-state index contributed by atoms with van der Waals surface area (Å²) < 4.78 is 2.31. The van der Waals surface area contributed by atoms with Crippen LogP contribution in [0.4, 0.5) is 0 Å². The maximum atomic E-state index is 4.42. The molecule has 1 aromatic heterocycles. The number of hydrogen-bond donors (Lipinski definition) is 1. The van der Waals surface area contributed by atoms with E-state index in [1.165, 1.54) is 18.4 Å². The third-order valence-electron chi connectivity index (χ3n) is 4.52. The molecule has 1 aliphatic heterocycles. The Labute approximate surface area is 133 Å². The molecule has 1 aliphatic rings. The van der Waals surface area contributed by atoms with Crippen LogP contribution in [0.3, 0.4) is 0 Å². The third-order valence-corrected chi connectivity index (χ3v) is 4.52. The van der Waals surface area contributed by atoms with Crippen LogP contribution in [0.5, 0.6) is 0 Å². The van der Waals surface area contributed by atoms with E-state index in [9.17, 15) is 0 Å². The fourth-order valence-electron chi connectivity index (χ4n) is 3.26. The van der Waals surface area contributed by atoms with Gasteiger partial charge in [-0.25, -0.2) is 0 Å². The average molecular weight is 298 g/mol. The fourth-order valence-corrected chi connectivity index (χ4v) is 3.26. The van der Waals surface area contributed by atoms with Gasteiger partial charge in [-0.1, -0.05) is 30.3 Å². The van der Waals surface area contributed by atoms with Gasteiger partial charge in [0.15, 0.2) is 0 Å². The second-order valence-electron chi connectivity index (χ2n) is 6.40. The van der Waals surface area contributed by atoms with Crippen LogP contribution in [0, 0.1) is 0 Å². The summed E-state index contributed by atoms with van der Waals surface area (Å²) in [6, 6.07) is 11.4. The van der Waals surface area contributed by atoms with Gasteiger partial charge in [-0.3, -0.25) is 0 Å². The molecule has 0 radical (unpaired) electrons. The maximum absolute atomic E-state index is 4.42. The molecule has 1 aromatic carbocycles. The van der Waals surface area contributed by atoms with Crippen molar-refractivity contribution in [1.29, 1.82) is 0 Å². The van der Waals surface area contributed by atoms with Gasteiger partial charge in [-0.2, -0.15) is 0 Å². The summed E-state index contributed by atoms with van der Waals surface area (Å²) >= 11 is 0. The van der Waals surface area contributed by atoms with Gasteiger partial charge < -0.3 is 9.88 Å². The zero-order valence-corrected chi connectivity index (χ0v) is 13.6. The molecule has 3 rings (SSSR count). The van der Waals surface area contributed by atoms with E-state index in [-0.39, 0.29) is 6.04 Å². The number of benzene rings is 1. The standard InChI is InChI=1S/C18H26N4/c1-14(11-12-16-8-4-3-5-9-16)19-15(2)18-21-20-17-10-6-7-13-22(17)18/h3-5,8-9,14-15,19H,6-7,10-13H2,1-2H3/t14-,15+/m1/s1. The molecule has 0 unspecified atom stereocenters. The molecule has 4 heteroatoms. The number of fused-ring (bicyclic) bond motifs is 1. The topological polar surface area (TPSA) is 42.7 Å². The predicted molar refractivity (Wildman–Crippen MR) is 88.7 cm³/mol. The van der Waals surface area contributed by atoms with Crippen molar-refractivity contribution in [2.75, 3.05) is 0 Å². The summed E-state index contributed by atoms with van der Waals surface area (Å²) in [4.78, 5) is 0. The van der Waals surface area contributed by atoms with Crippen molar-refractivity contribution < 1.29 is 0 Å². The van der Waals surface area contributed by atoms with Gasteiger partial charge in [0.05, 0.1) is 6.04 Å². The summed E-state index contributed by atoms with van der Waals surface area (Å²) in [7, 11) is 0. The van der Waals surface area contributed by atoms with Crippen LogP contribution in [0.25, 0.3) is 0 Å². The van der Waals surface area contributed by atoms with E-state index >= 15 is 0 Å². The third kappa shape index (κ3) is 3.55. The van der Waals surface area contributed by atoms with Gasteiger partial charge in [0, 0.05) is 19.0 Å². The Morgan fingerprint density at radius 2 is 1.95 bits per heavy atom. The van der Waals surface area contributed by atoms with Crippen molar-refractivity contribution >= 4 is 0 Å². The van der Waals surface area contributed by atoms with Gasteiger partial charge >= 0.3 is 0 Å². The second kappa shape index (κ2) is 7.05.